The molecule has 0 aliphatic carbocycles. The molecule has 2 rings (SSSR count). The second-order valence-electron chi connectivity index (χ2n) is 5.39. The van der Waals surface area contributed by atoms with Gasteiger partial charge in [0.05, 0.1) is 31.2 Å². The molecule has 1 aromatic carbocycles. The van der Waals surface area contributed by atoms with Gasteiger partial charge in [-0.1, -0.05) is 0 Å². The van der Waals surface area contributed by atoms with Crippen molar-refractivity contribution in [2.75, 3.05) is 26.2 Å². The van der Waals surface area contributed by atoms with Crippen LogP contribution in [0.2, 0.25) is 0 Å². The van der Waals surface area contributed by atoms with Crippen LogP contribution in [0.5, 0.6) is 11.5 Å². The second-order valence-corrected chi connectivity index (χ2v) is 5.39. The molecule has 0 saturated carbocycles. The van der Waals surface area contributed by atoms with E-state index < -0.39 is 0 Å². The maximum absolute atomic E-state index is 9.42. The Hall–Kier alpha value is -2.74. The molecule has 0 aliphatic rings. The monoisotopic (exact) mass is 311 g/mol. The van der Waals surface area contributed by atoms with Gasteiger partial charge in [-0.3, -0.25) is 4.98 Å². The largest absolute Gasteiger partial charge is 0.497 e. The maximum Gasteiger partial charge on any atom is 0.127 e. The van der Waals surface area contributed by atoms with Crippen molar-refractivity contribution in [2.45, 2.75) is 20.4 Å². The number of rotatable bonds is 5. The fraction of sp³-hybridized carbons (Fsp3) is 0.333. The lowest BCUT2D eigenvalue weighted by Crippen LogP contribution is -2.19. The fourth-order valence-corrected chi connectivity index (χ4v) is 2.57. The van der Waals surface area contributed by atoms with Crippen molar-refractivity contribution in [3.05, 3.63) is 46.8 Å². The lowest BCUT2D eigenvalue weighted by molar-refractivity contribution is 0.391. The summed E-state index contributed by atoms with van der Waals surface area (Å²) in [6.07, 6.45) is 0. The van der Waals surface area contributed by atoms with Crippen molar-refractivity contribution in [2.24, 2.45) is 0 Å². The summed E-state index contributed by atoms with van der Waals surface area (Å²) in [6, 6.07) is 9.92. The molecule has 0 bridgehead atoms. The molecule has 1 heterocycles. The number of aryl methyl sites for hydroxylation is 2. The number of hydrogen-bond acceptors (Lipinski definition) is 5. The van der Waals surface area contributed by atoms with Crippen LogP contribution in [-0.4, -0.2) is 26.3 Å². The number of nitrogens with zero attached hydrogens (tertiary/aromatic N) is 3. The van der Waals surface area contributed by atoms with E-state index in [1.807, 2.05) is 50.1 Å². The van der Waals surface area contributed by atoms with Gasteiger partial charge in [-0.15, -0.1) is 0 Å². The molecule has 2 aromatic rings. The minimum atomic E-state index is 0.602. The van der Waals surface area contributed by atoms with Crippen LogP contribution in [0.3, 0.4) is 0 Å². The molecule has 0 spiro atoms. The van der Waals surface area contributed by atoms with E-state index in [1.165, 1.54) is 0 Å². The third-order valence-corrected chi connectivity index (χ3v) is 3.73. The molecule has 120 valence electrons. The minimum absolute atomic E-state index is 0.602. The van der Waals surface area contributed by atoms with Crippen LogP contribution < -0.4 is 14.4 Å². The molecule has 23 heavy (non-hydrogen) atoms. The van der Waals surface area contributed by atoms with Gasteiger partial charge in [0.2, 0.25) is 0 Å². The van der Waals surface area contributed by atoms with E-state index >= 15 is 0 Å². The lowest BCUT2D eigenvalue weighted by Gasteiger charge is -2.23. The zero-order chi connectivity index (χ0) is 17.0. The Morgan fingerprint density at radius 1 is 1.17 bits per heavy atom. The van der Waals surface area contributed by atoms with Crippen LogP contribution in [-0.2, 0) is 6.54 Å². The summed E-state index contributed by atoms with van der Waals surface area (Å²) >= 11 is 0. The van der Waals surface area contributed by atoms with Crippen LogP contribution in [0.25, 0.3) is 0 Å². The van der Waals surface area contributed by atoms with Gasteiger partial charge >= 0.3 is 0 Å². The first-order chi connectivity index (χ1) is 11.0. The molecule has 0 radical (unpaired) electrons. The average molecular weight is 311 g/mol. The predicted octanol–water partition coefficient (Wildman–Crippen LogP) is 3.22. The Bertz CT molecular complexity index is 751. The second kappa shape index (κ2) is 7.01. The molecule has 5 nitrogen and oxygen atoms in total. The first kappa shape index (κ1) is 16.6. The topological polar surface area (TPSA) is 58.4 Å². The van der Waals surface area contributed by atoms with E-state index in [1.54, 1.807) is 14.2 Å². The number of pyridine rings is 1. The quantitative estimate of drug-likeness (QED) is 0.848. The van der Waals surface area contributed by atoms with E-state index in [0.29, 0.717) is 12.1 Å². The van der Waals surface area contributed by atoms with Crippen LogP contribution >= 0.6 is 0 Å². The van der Waals surface area contributed by atoms with Crippen LogP contribution in [0.4, 0.5) is 5.69 Å². The predicted molar refractivity (Wildman–Crippen MR) is 90.1 cm³/mol. The molecule has 0 amide bonds. The van der Waals surface area contributed by atoms with E-state index in [2.05, 4.69) is 11.1 Å². The number of hydrogen-bond donors (Lipinski definition) is 0. The van der Waals surface area contributed by atoms with Gasteiger partial charge in [0.25, 0.3) is 0 Å². The number of methoxy groups -OCH3 is 2. The molecule has 0 fully saturated rings. The highest BCUT2D eigenvalue weighted by Gasteiger charge is 2.14. The van der Waals surface area contributed by atoms with Gasteiger partial charge in [-0.05, 0) is 32.0 Å². The molecule has 0 aliphatic heterocycles. The Morgan fingerprint density at radius 2 is 1.91 bits per heavy atom. The summed E-state index contributed by atoms with van der Waals surface area (Å²) < 4.78 is 10.7. The Labute approximate surface area is 137 Å². The number of aromatic nitrogens is 1. The van der Waals surface area contributed by atoms with Gasteiger partial charge in [0.15, 0.2) is 0 Å². The van der Waals surface area contributed by atoms with E-state index in [0.717, 1.165) is 34.1 Å². The normalized spacial score (nSPS) is 10.1. The summed E-state index contributed by atoms with van der Waals surface area (Å²) in [7, 11) is 5.22. The zero-order valence-electron chi connectivity index (χ0n) is 14.2. The number of benzene rings is 1. The van der Waals surface area contributed by atoms with Crippen molar-refractivity contribution in [3.63, 3.8) is 0 Å². The summed E-state index contributed by atoms with van der Waals surface area (Å²) in [5.41, 5.74) is 4.13. The van der Waals surface area contributed by atoms with Gasteiger partial charge < -0.3 is 14.4 Å². The van der Waals surface area contributed by atoms with Gasteiger partial charge in [-0.2, -0.15) is 5.26 Å². The molecular formula is C18H21N3O2. The Kier molecular flexibility index (Phi) is 5.07. The first-order valence-electron chi connectivity index (χ1n) is 7.30. The number of anilines is 1. The van der Waals surface area contributed by atoms with Crippen LogP contribution in [0.1, 0.15) is 22.5 Å². The molecule has 1 aromatic heterocycles. The van der Waals surface area contributed by atoms with Gasteiger partial charge in [0, 0.05) is 30.9 Å². The van der Waals surface area contributed by atoms with E-state index in [4.69, 9.17) is 9.47 Å². The molecule has 0 N–H and O–H groups in total. The molecule has 0 atom stereocenters. The van der Waals surface area contributed by atoms with E-state index in [-0.39, 0.29) is 0 Å². The van der Waals surface area contributed by atoms with Gasteiger partial charge in [-0.25, -0.2) is 0 Å². The SMILES string of the molecule is COc1ccc(CN(C)c2cc(C)nc(C)c2C#N)c(OC)c1. The number of ether oxygens (including phenoxy) is 2. The number of nitriles is 1. The summed E-state index contributed by atoms with van der Waals surface area (Å²) in [4.78, 5) is 6.39. The van der Waals surface area contributed by atoms with E-state index in [9.17, 15) is 5.26 Å². The van der Waals surface area contributed by atoms with Crippen molar-refractivity contribution in [1.82, 2.24) is 4.98 Å². The van der Waals surface area contributed by atoms with Crippen LogP contribution in [0.15, 0.2) is 24.3 Å². The zero-order valence-corrected chi connectivity index (χ0v) is 14.2. The summed E-state index contributed by atoms with van der Waals surface area (Å²) in [5, 5.41) is 9.42. The molecular weight excluding hydrogens is 290 g/mol. The Morgan fingerprint density at radius 3 is 2.52 bits per heavy atom. The highest BCUT2D eigenvalue weighted by Crippen LogP contribution is 2.29. The van der Waals surface area contributed by atoms with Crippen LogP contribution in [0, 0.1) is 25.2 Å². The molecule has 0 unspecified atom stereocenters. The third-order valence-electron chi connectivity index (χ3n) is 3.73. The van der Waals surface area contributed by atoms with Gasteiger partial charge in [0.1, 0.15) is 17.6 Å². The molecule has 5 heteroatoms. The first-order valence-corrected chi connectivity index (χ1v) is 7.30. The smallest absolute Gasteiger partial charge is 0.127 e. The standard InChI is InChI=1S/C18H21N3O2/c1-12-8-17(16(10-19)13(2)20-12)21(3)11-14-6-7-15(22-4)9-18(14)23-5/h6-9H,11H2,1-5H3. The van der Waals surface area contributed by atoms with Crippen molar-refractivity contribution < 1.29 is 9.47 Å². The van der Waals surface area contributed by atoms with Crippen molar-refractivity contribution in [1.29, 1.82) is 5.26 Å². The summed E-state index contributed by atoms with van der Waals surface area (Å²) in [6.45, 7) is 4.40. The van der Waals surface area contributed by atoms with Crippen molar-refractivity contribution in [3.8, 4) is 17.6 Å². The Balaban J connectivity index is 2.37. The summed E-state index contributed by atoms with van der Waals surface area (Å²) in [5.74, 6) is 1.51. The molecule has 0 saturated heterocycles. The highest BCUT2D eigenvalue weighted by atomic mass is 16.5. The third kappa shape index (κ3) is 3.54. The minimum Gasteiger partial charge on any atom is -0.497 e. The lowest BCUT2D eigenvalue weighted by atomic mass is 10.1. The fourth-order valence-electron chi connectivity index (χ4n) is 2.57. The van der Waals surface area contributed by atoms with Crippen molar-refractivity contribution >= 4 is 5.69 Å². The highest BCUT2D eigenvalue weighted by molar-refractivity contribution is 5.61. The average Bonchev–Trinajstić information content (AvgIpc) is 2.54. The maximum atomic E-state index is 9.42.